The van der Waals surface area contributed by atoms with E-state index in [1.54, 1.807) is 24.3 Å². The fourth-order valence-electron chi connectivity index (χ4n) is 6.57. The van der Waals surface area contributed by atoms with Crippen LogP contribution in [-0.2, 0) is 38.4 Å². The summed E-state index contributed by atoms with van der Waals surface area (Å²) in [5, 5.41) is 12.5. The molecule has 0 spiro atoms. The van der Waals surface area contributed by atoms with Gasteiger partial charge in [-0.15, -0.1) is 0 Å². The molecule has 1 aromatic heterocycles. The smallest absolute Gasteiger partial charge is 0.255 e. The number of nitrogens with one attached hydrogen (secondary N) is 5. The van der Waals surface area contributed by atoms with Crippen LogP contribution in [0.5, 0.6) is 5.75 Å². The Hall–Kier alpha value is -6.43. The maximum Gasteiger partial charge on any atom is 0.255 e. The fourth-order valence-corrected chi connectivity index (χ4v) is 6.57. The zero-order valence-electron chi connectivity index (χ0n) is 30.0. The van der Waals surface area contributed by atoms with Crippen molar-refractivity contribution in [3.05, 3.63) is 138 Å². The van der Waals surface area contributed by atoms with Gasteiger partial charge in [0.15, 0.2) is 0 Å². The van der Waals surface area contributed by atoms with Crippen LogP contribution >= 0.6 is 0 Å². The average Bonchev–Trinajstić information content (AvgIpc) is 3.59. The molecule has 2 heterocycles. The Bertz CT molecular complexity index is 2080. The molecule has 5 amide bonds. The van der Waals surface area contributed by atoms with Crippen molar-refractivity contribution in [2.75, 3.05) is 26.7 Å². The summed E-state index contributed by atoms with van der Waals surface area (Å²) >= 11 is 0. The van der Waals surface area contributed by atoms with Crippen molar-refractivity contribution in [2.45, 2.75) is 43.8 Å². The second kappa shape index (κ2) is 17.9. The van der Waals surface area contributed by atoms with Gasteiger partial charge >= 0.3 is 0 Å². The van der Waals surface area contributed by atoms with Crippen LogP contribution in [0.3, 0.4) is 0 Å². The van der Waals surface area contributed by atoms with E-state index < -0.39 is 54.1 Å². The van der Waals surface area contributed by atoms with Gasteiger partial charge in [0.1, 0.15) is 24.4 Å². The lowest BCUT2D eigenvalue weighted by Crippen LogP contribution is -2.54. The Labute approximate surface area is 313 Å². The SMILES string of the molecule is CN1CC(=O)N[C@H](Cc2ccccc2)COc2ccccc2C(=O)N[C@H](C(=O)NCCc2c[nH]c3ccccc23)CC(=O)N[C@@H](Cc2ccccc2)C1=O. The van der Waals surface area contributed by atoms with Gasteiger partial charge in [0.25, 0.3) is 5.91 Å². The molecule has 12 heteroatoms. The molecule has 0 saturated carbocycles. The normalized spacial score (nSPS) is 18.8. The van der Waals surface area contributed by atoms with E-state index in [0.717, 1.165) is 27.6 Å². The van der Waals surface area contributed by atoms with Gasteiger partial charge < -0.3 is 35.9 Å². The number of hydrogen-bond acceptors (Lipinski definition) is 6. The van der Waals surface area contributed by atoms with Crippen LogP contribution in [0.25, 0.3) is 10.9 Å². The largest absolute Gasteiger partial charge is 0.491 e. The van der Waals surface area contributed by atoms with E-state index >= 15 is 0 Å². The third-order valence-electron chi connectivity index (χ3n) is 9.31. The summed E-state index contributed by atoms with van der Waals surface area (Å²) in [5.41, 5.74) is 3.89. The number of likely N-dealkylation sites (N-methyl/N-ethyl adjacent to an activating group) is 1. The minimum Gasteiger partial charge on any atom is -0.491 e. The summed E-state index contributed by atoms with van der Waals surface area (Å²) in [5.74, 6) is -2.48. The highest BCUT2D eigenvalue weighted by molar-refractivity contribution is 6.01. The highest BCUT2D eigenvalue weighted by atomic mass is 16.5. The van der Waals surface area contributed by atoms with E-state index in [1.807, 2.05) is 91.1 Å². The van der Waals surface area contributed by atoms with Crippen LogP contribution in [0.15, 0.2) is 115 Å². The number of hydrogen-bond donors (Lipinski definition) is 5. The van der Waals surface area contributed by atoms with Crippen LogP contribution in [0.4, 0.5) is 0 Å². The van der Waals surface area contributed by atoms with Gasteiger partial charge in [-0.3, -0.25) is 24.0 Å². The standard InChI is InChI=1S/C42H44N6O6/c1-48-26-39(50)45-31(22-28-12-4-2-5-13-28)27-54-37-19-11-9-17-33(37)40(51)47-35(24-38(49)46-36(42(48)53)23-29-14-6-3-7-15-29)41(52)43-21-20-30-25-44-34-18-10-8-16-32(30)34/h2-19,25,31,35-36,44H,20-24,26-27H2,1H3,(H,43,52)(H,45,50)(H,46,49)(H,47,51)/t31-,35+,36+/m1/s1. The van der Waals surface area contributed by atoms with Crippen molar-refractivity contribution in [1.29, 1.82) is 0 Å². The molecule has 278 valence electrons. The van der Waals surface area contributed by atoms with E-state index in [1.165, 1.54) is 11.9 Å². The van der Waals surface area contributed by atoms with Crippen molar-refractivity contribution in [3.63, 3.8) is 0 Å². The van der Waals surface area contributed by atoms with Gasteiger partial charge in [-0.1, -0.05) is 91.0 Å². The maximum atomic E-state index is 13.9. The Morgan fingerprint density at radius 1 is 0.778 bits per heavy atom. The molecule has 54 heavy (non-hydrogen) atoms. The summed E-state index contributed by atoms with van der Waals surface area (Å²) < 4.78 is 6.17. The Morgan fingerprint density at radius 2 is 1.44 bits per heavy atom. The molecule has 5 N–H and O–H groups in total. The molecule has 5 aromatic rings. The van der Waals surface area contributed by atoms with Crippen molar-refractivity contribution in [2.24, 2.45) is 0 Å². The molecule has 1 aliphatic rings. The molecule has 0 radical (unpaired) electrons. The number of rotatable bonds is 8. The van der Waals surface area contributed by atoms with Crippen LogP contribution < -0.4 is 26.0 Å². The average molecular weight is 729 g/mol. The van der Waals surface area contributed by atoms with E-state index in [0.29, 0.717) is 12.8 Å². The molecule has 3 atom stereocenters. The predicted octanol–water partition coefficient (Wildman–Crippen LogP) is 3.32. The summed E-state index contributed by atoms with van der Waals surface area (Å²) in [6, 6.07) is 30.3. The first-order valence-corrected chi connectivity index (χ1v) is 18.0. The number of carbonyl (C=O) groups is 5. The van der Waals surface area contributed by atoms with E-state index in [-0.39, 0.29) is 37.4 Å². The highest BCUT2D eigenvalue weighted by Crippen LogP contribution is 2.20. The van der Waals surface area contributed by atoms with Crippen molar-refractivity contribution in [1.82, 2.24) is 31.2 Å². The third kappa shape index (κ3) is 9.91. The second-order valence-electron chi connectivity index (χ2n) is 13.4. The minimum atomic E-state index is -1.29. The molecule has 12 nitrogen and oxygen atoms in total. The predicted molar refractivity (Wildman–Crippen MR) is 205 cm³/mol. The maximum absolute atomic E-state index is 13.9. The second-order valence-corrected chi connectivity index (χ2v) is 13.4. The molecule has 0 unspecified atom stereocenters. The van der Waals surface area contributed by atoms with Gasteiger partial charge in [0, 0.05) is 37.1 Å². The number of ether oxygens (including phenoxy) is 1. The van der Waals surface area contributed by atoms with Gasteiger partial charge in [-0.05, 0) is 47.7 Å². The minimum absolute atomic E-state index is 0.0109. The molecule has 0 saturated heterocycles. The molecule has 0 fully saturated rings. The molecular weight excluding hydrogens is 684 g/mol. The molecule has 0 bridgehead atoms. The number of fused-ring (bicyclic) bond motifs is 2. The first kappa shape index (κ1) is 37.3. The van der Waals surface area contributed by atoms with Crippen molar-refractivity contribution >= 4 is 40.4 Å². The molecule has 0 aliphatic carbocycles. The zero-order chi connectivity index (χ0) is 37.9. The highest BCUT2D eigenvalue weighted by Gasteiger charge is 2.31. The number of carbonyl (C=O) groups excluding carboxylic acids is 5. The van der Waals surface area contributed by atoms with Crippen LogP contribution in [0.2, 0.25) is 0 Å². The summed E-state index contributed by atoms with van der Waals surface area (Å²) in [7, 11) is 1.50. The number of benzene rings is 4. The molecular formula is C42H44N6O6. The van der Waals surface area contributed by atoms with Gasteiger partial charge in [-0.25, -0.2) is 0 Å². The molecule has 6 rings (SSSR count). The van der Waals surface area contributed by atoms with Gasteiger partial charge in [0.2, 0.25) is 23.6 Å². The Morgan fingerprint density at radius 3 is 2.20 bits per heavy atom. The molecule has 1 aliphatic heterocycles. The first-order valence-electron chi connectivity index (χ1n) is 18.0. The lowest BCUT2D eigenvalue weighted by atomic mass is 10.0. The lowest BCUT2D eigenvalue weighted by molar-refractivity contribution is -0.138. The van der Waals surface area contributed by atoms with E-state index in [4.69, 9.17) is 4.74 Å². The van der Waals surface area contributed by atoms with Crippen LogP contribution in [0.1, 0.15) is 33.5 Å². The monoisotopic (exact) mass is 728 g/mol. The molecule has 4 aromatic carbocycles. The zero-order valence-corrected chi connectivity index (χ0v) is 30.0. The summed E-state index contributed by atoms with van der Waals surface area (Å²) in [6.45, 7) is -0.0154. The topological polar surface area (TPSA) is 162 Å². The fraction of sp³-hybridized carbons (Fsp3) is 0.262. The van der Waals surface area contributed by atoms with Crippen LogP contribution in [-0.4, -0.2) is 84.3 Å². The van der Waals surface area contributed by atoms with Gasteiger partial charge in [0.05, 0.1) is 24.6 Å². The number of amides is 5. The Kier molecular flexibility index (Phi) is 12.4. The number of para-hydroxylation sites is 2. The summed E-state index contributed by atoms with van der Waals surface area (Å²) in [4.78, 5) is 73.1. The van der Waals surface area contributed by atoms with Crippen molar-refractivity contribution in [3.8, 4) is 5.75 Å². The number of aromatic amines is 1. The third-order valence-corrected chi connectivity index (χ3v) is 9.31. The quantitative estimate of drug-likeness (QED) is 0.165. The van der Waals surface area contributed by atoms with E-state index in [2.05, 4.69) is 26.3 Å². The van der Waals surface area contributed by atoms with Crippen LogP contribution in [0, 0.1) is 0 Å². The lowest BCUT2D eigenvalue weighted by Gasteiger charge is -2.26. The van der Waals surface area contributed by atoms with Crippen molar-refractivity contribution < 1.29 is 28.7 Å². The van der Waals surface area contributed by atoms with E-state index in [9.17, 15) is 24.0 Å². The number of nitrogens with zero attached hydrogens (tertiary/aromatic N) is 1. The number of H-pyrrole nitrogens is 1. The summed E-state index contributed by atoms with van der Waals surface area (Å²) in [6.07, 6.45) is 2.52. The first-order chi connectivity index (χ1) is 26.2. The van der Waals surface area contributed by atoms with Gasteiger partial charge in [-0.2, -0.15) is 0 Å². The number of aromatic nitrogens is 1. The Balaban J connectivity index is 1.27.